The Balaban J connectivity index is 1.67. The average Bonchev–Trinajstić information content (AvgIpc) is 3.45. The molecule has 0 saturated carbocycles. The van der Waals surface area contributed by atoms with Crippen LogP contribution in [0.15, 0.2) is 90.1 Å². The summed E-state index contributed by atoms with van der Waals surface area (Å²) in [4.78, 5) is 20.8. The van der Waals surface area contributed by atoms with Crippen LogP contribution in [-0.4, -0.2) is 21.6 Å². The molecule has 5 heteroatoms. The van der Waals surface area contributed by atoms with Crippen molar-refractivity contribution in [1.29, 1.82) is 0 Å². The number of hydrogen-bond acceptors (Lipinski definition) is 2. The first kappa shape index (κ1) is 21.4. The Morgan fingerprint density at radius 1 is 0.818 bits per heavy atom. The number of benzene rings is 3. The number of hydrogen-bond donors (Lipinski definition) is 3. The van der Waals surface area contributed by atoms with Gasteiger partial charge in [0.15, 0.2) is 0 Å². The molecule has 2 aromatic heterocycles. The highest BCUT2D eigenvalue weighted by atomic mass is 32.2. The number of aromatic amines is 2. The summed E-state index contributed by atoms with van der Waals surface area (Å²) in [5.41, 5.74) is 11.6. The number of fused-ring (bicyclic) bond motifs is 2. The Bertz CT molecular complexity index is 1340. The first-order chi connectivity index (χ1) is 16.2. The van der Waals surface area contributed by atoms with Gasteiger partial charge in [0.1, 0.15) is 0 Å². The number of thioether (sulfide) groups is 1. The van der Waals surface area contributed by atoms with E-state index in [-0.39, 0.29) is 11.8 Å². The molecule has 3 aromatic carbocycles. The largest absolute Gasteiger partial charge is 0.369 e. The third-order valence-corrected chi connectivity index (χ3v) is 7.37. The smallest absolute Gasteiger partial charge is 0.225 e. The van der Waals surface area contributed by atoms with Crippen LogP contribution in [0.5, 0.6) is 0 Å². The lowest BCUT2D eigenvalue weighted by Gasteiger charge is -2.24. The number of carbonyl (C=O) groups excluding carboxylic acids is 1. The molecule has 0 aliphatic rings. The summed E-state index contributed by atoms with van der Waals surface area (Å²) in [5, 5.41) is 2.35. The Kier molecular flexibility index (Phi) is 5.97. The second kappa shape index (κ2) is 9.20. The predicted octanol–water partition coefficient (Wildman–Crippen LogP) is 6.55. The van der Waals surface area contributed by atoms with Crippen molar-refractivity contribution >= 4 is 39.5 Å². The molecule has 166 valence electrons. The number of carbonyl (C=O) groups is 1. The molecule has 1 atom stereocenters. The summed E-state index contributed by atoms with van der Waals surface area (Å²) < 4.78 is 0. The molecule has 1 unspecified atom stereocenters. The standard InChI is InChI=1S/C28H27N3OS/c1-2-33-27-14-8-5-11-20(27)22(28(29)32)15-21(23-16-30-25-12-6-3-9-18(23)25)24-17-31-26-13-7-4-10-19(24)26/h3-14,16-17,21-22,30-31H,2,15H2,1H3,(H2,29,32). The minimum atomic E-state index is -0.396. The van der Waals surface area contributed by atoms with Crippen molar-refractivity contribution in [3.8, 4) is 0 Å². The number of primary amides is 1. The van der Waals surface area contributed by atoms with E-state index in [9.17, 15) is 4.79 Å². The van der Waals surface area contributed by atoms with Crippen LogP contribution in [-0.2, 0) is 4.79 Å². The number of nitrogens with two attached hydrogens (primary N) is 1. The number of rotatable bonds is 8. The highest BCUT2D eigenvalue weighted by Gasteiger charge is 2.29. The Hall–Kier alpha value is -3.44. The normalized spacial score (nSPS) is 12.5. The molecular formula is C28H27N3OS. The maximum absolute atomic E-state index is 12.9. The van der Waals surface area contributed by atoms with Crippen LogP contribution >= 0.6 is 11.8 Å². The van der Waals surface area contributed by atoms with E-state index in [0.717, 1.165) is 27.2 Å². The molecule has 33 heavy (non-hydrogen) atoms. The maximum atomic E-state index is 12.9. The van der Waals surface area contributed by atoms with E-state index in [1.54, 1.807) is 11.8 Å². The minimum absolute atomic E-state index is 0.00511. The summed E-state index contributed by atoms with van der Waals surface area (Å²) in [5.74, 6) is 0.252. The fraction of sp³-hybridized carbons (Fsp3) is 0.179. The number of para-hydroxylation sites is 2. The van der Waals surface area contributed by atoms with Gasteiger partial charge in [0.2, 0.25) is 5.91 Å². The van der Waals surface area contributed by atoms with E-state index >= 15 is 0 Å². The summed E-state index contributed by atoms with van der Waals surface area (Å²) in [7, 11) is 0. The van der Waals surface area contributed by atoms with Crippen LogP contribution in [0.3, 0.4) is 0 Å². The van der Waals surface area contributed by atoms with Gasteiger partial charge in [0, 0.05) is 45.0 Å². The van der Waals surface area contributed by atoms with E-state index in [2.05, 4.69) is 77.8 Å². The molecule has 2 heterocycles. The van der Waals surface area contributed by atoms with Crippen LogP contribution in [0.4, 0.5) is 0 Å². The van der Waals surface area contributed by atoms with Crippen molar-refractivity contribution in [2.75, 3.05) is 5.75 Å². The van der Waals surface area contributed by atoms with Gasteiger partial charge in [0.25, 0.3) is 0 Å². The Labute approximate surface area is 197 Å². The molecule has 4 nitrogen and oxygen atoms in total. The van der Waals surface area contributed by atoms with Gasteiger partial charge < -0.3 is 15.7 Å². The third-order valence-electron chi connectivity index (χ3n) is 6.40. The third kappa shape index (κ3) is 4.05. The topological polar surface area (TPSA) is 74.7 Å². The monoisotopic (exact) mass is 453 g/mol. The lowest BCUT2D eigenvalue weighted by atomic mass is 9.80. The van der Waals surface area contributed by atoms with Crippen LogP contribution in [0.25, 0.3) is 21.8 Å². The highest BCUT2D eigenvalue weighted by Crippen LogP contribution is 2.42. The zero-order valence-corrected chi connectivity index (χ0v) is 19.4. The number of aromatic nitrogens is 2. The van der Waals surface area contributed by atoms with Crippen molar-refractivity contribution in [3.63, 3.8) is 0 Å². The summed E-state index contributed by atoms with van der Waals surface area (Å²) in [6.07, 6.45) is 4.77. The van der Waals surface area contributed by atoms with Gasteiger partial charge in [0.05, 0.1) is 5.92 Å². The summed E-state index contributed by atoms with van der Waals surface area (Å²) in [6.45, 7) is 2.13. The molecule has 0 radical (unpaired) electrons. The van der Waals surface area contributed by atoms with E-state index < -0.39 is 5.92 Å². The molecular weight excluding hydrogens is 426 g/mol. The molecule has 4 N–H and O–H groups in total. The second-order valence-corrected chi connectivity index (χ2v) is 9.60. The van der Waals surface area contributed by atoms with Crippen molar-refractivity contribution in [1.82, 2.24) is 9.97 Å². The van der Waals surface area contributed by atoms with Crippen LogP contribution in [0.2, 0.25) is 0 Å². The van der Waals surface area contributed by atoms with Gasteiger partial charge in [-0.05, 0) is 47.1 Å². The Morgan fingerprint density at radius 3 is 1.94 bits per heavy atom. The van der Waals surface area contributed by atoms with E-state index in [0.29, 0.717) is 6.42 Å². The fourth-order valence-corrected chi connectivity index (χ4v) is 5.74. The van der Waals surface area contributed by atoms with Crippen LogP contribution < -0.4 is 5.73 Å². The molecule has 0 fully saturated rings. The van der Waals surface area contributed by atoms with Crippen molar-refractivity contribution < 1.29 is 4.79 Å². The molecule has 0 saturated heterocycles. The van der Waals surface area contributed by atoms with Gasteiger partial charge in [-0.25, -0.2) is 0 Å². The first-order valence-electron chi connectivity index (χ1n) is 11.3. The second-order valence-electron chi connectivity index (χ2n) is 8.29. The lowest BCUT2D eigenvalue weighted by Crippen LogP contribution is -2.24. The van der Waals surface area contributed by atoms with Crippen LogP contribution in [0.1, 0.15) is 41.9 Å². The zero-order valence-electron chi connectivity index (χ0n) is 18.5. The van der Waals surface area contributed by atoms with Crippen molar-refractivity contribution in [2.24, 2.45) is 5.73 Å². The SMILES string of the molecule is CCSc1ccccc1C(CC(c1c[nH]c2ccccc12)c1c[nH]c2ccccc12)C(N)=O. The van der Waals surface area contributed by atoms with E-state index in [4.69, 9.17) is 5.73 Å². The number of amides is 1. The first-order valence-corrected chi connectivity index (χ1v) is 12.3. The lowest BCUT2D eigenvalue weighted by molar-refractivity contribution is -0.119. The fourth-order valence-electron chi connectivity index (χ4n) is 4.87. The average molecular weight is 454 g/mol. The molecule has 1 amide bonds. The van der Waals surface area contributed by atoms with Crippen LogP contribution in [0, 0.1) is 0 Å². The number of H-pyrrole nitrogens is 2. The molecule has 0 bridgehead atoms. The number of nitrogens with one attached hydrogen (secondary N) is 2. The predicted molar refractivity (Wildman–Crippen MR) is 138 cm³/mol. The van der Waals surface area contributed by atoms with Crippen molar-refractivity contribution in [2.45, 2.75) is 30.1 Å². The van der Waals surface area contributed by atoms with Gasteiger partial charge in [-0.15, -0.1) is 11.8 Å². The van der Waals surface area contributed by atoms with Gasteiger partial charge >= 0.3 is 0 Å². The summed E-state index contributed by atoms with van der Waals surface area (Å²) in [6, 6.07) is 24.8. The molecule has 5 rings (SSSR count). The molecule has 0 aliphatic carbocycles. The summed E-state index contributed by atoms with van der Waals surface area (Å²) >= 11 is 1.75. The van der Waals surface area contributed by atoms with Gasteiger partial charge in [-0.3, -0.25) is 4.79 Å². The Morgan fingerprint density at radius 2 is 1.36 bits per heavy atom. The minimum Gasteiger partial charge on any atom is -0.369 e. The maximum Gasteiger partial charge on any atom is 0.225 e. The molecule has 5 aromatic rings. The van der Waals surface area contributed by atoms with Gasteiger partial charge in [-0.1, -0.05) is 61.5 Å². The molecule has 0 spiro atoms. The molecule has 0 aliphatic heterocycles. The highest BCUT2D eigenvalue weighted by molar-refractivity contribution is 7.99. The van der Waals surface area contributed by atoms with E-state index in [1.165, 1.54) is 21.9 Å². The van der Waals surface area contributed by atoms with Gasteiger partial charge in [-0.2, -0.15) is 0 Å². The quantitative estimate of drug-likeness (QED) is 0.233. The van der Waals surface area contributed by atoms with Crippen molar-refractivity contribution in [3.05, 3.63) is 102 Å². The zero-order chi connectivity index (χ0) is 22.8. The van der Waals surface area contributed by atoms with E-state index in [1.807, 2.05) is 24.3 Å².